The first-order chi connectivity index (χ1) is 9.54. The highest BCUT2D eigenvalue weighted by Crippen LogP contribution is 2.22. The first-order valence-corrected chi connectivity index (χ1v) is 6.38. The van der Waals surface area contributed by atoms with Crippen LogP contribution in [0.25, 0.3) is 11.0 Å². The van der Waals surface area contributed by atoms with E-state index in [4.69, 9.17) is 4.42 Å². The van der Waals surface area contributed by atoms with Gasteiger partial charge in [-0.1, -0.05) is 18.2 Å². The maximum Gasteiger partial charge on any atom is 0.325 e. The Morgan fingerprint density at radius 2 is 2.00 bits per heavy atom. The van der Waals surface area contributed by atoms with Gasteiger partial charge < -0.3 is 14.1 Å². The van der Waals surface area contributed by atoms with Crippen molar-refractivity contribution in [2.24, 2.45) is 0 Å². The van der Waals surface area contributed by atoms with Gasteiger partial charge in [-0.05, 0) is 19.9 Å². The number of amides is 1. The van der Waals surface area contributed by atoms with Crippen LogP contribution in [0.1, 0.15) is 24.2 Å². The molecule has 0 unspecified atom stereocenters. The van der Waals surface area contributed by atoms with Crippen LogP contribution in [0.15, 0.2) is 34.9 Å². The number of carbonyl (C=O) groups is 2. The molecule has 0 saturated carbocycles. The summed E-state index contributed by atoms with van der Waals surface area (Å²) < 4.78 is 10.00. The smallest absolute Gasteiger partial charge is 0.325 e. The van der Waals surface area contributed by atoms with E-state index < -0.39 is 5.97 Å². The van der Waals surface area contributed by atoms with Gasteiger partial charge in [0.25, 0.3) is 5.91 Å². The molecule has 0 bridgehead atoms. The van der Waals surface area contributed by atoms with Crippen molar-refractivity contribution in [2.45, 2.75) is 19.9 Å². The first kappa shape index (κ1) is 14.1. The number of methoxy groups -OCH3 is 1. The Bertz CT molecular complexity index is 630. The number of nitrogens with zero attached hydrogens (tertiary/aromatic N) is 1. The molecule has 0 aliphatic heterocycles. The fourth-order valence-corrected chi connectivity index (χ4v) is 1.99. The van der Waals surface area contributed by atoms with Crippen LogP contribution >= 0.6 is 0 Å². The second-order valence-corrected chi connectivity index (χ2v) is 4.75. The second kappa shape index (κ2) is 5.77. The molecule has 0 fully saturated rings. The molecule has 0 spiro atoms. The molecule has 1 heterocycles. The number of hydrogen-bond donors (Lipinski definition) is 0. The van der Waals surface area contributed by atoms with Gasteiger partial charge in [0.1, 0.15) is 18.4 Å². The lowest BCUT2D eigenvalue weighted by Crippen LogP contribution is -2.41. The largest absolute Gasteiger partial charge is 0.468 e. The Labute approximate surface area is 117 Å². The predicted octanol–water partition coefficient (Wildman–Crippen LogP) is 2.46. The zero-order valence-corrected chi connectivity index (χ0v) is 11.8. The maximum absolute atomic E-state index is 12.6. The van der Waals surface area contributed by atoms with Crippen molar-refractivity contribution < 1.29 is 18.7 Å². The summed E-state index contributed by atoms with van der Waals surface area (Å²) >= 11 is 0. The number of furan rings is 1. The summed E-state index contributed by atoms with van der Waals surface area (Å²) in [6.07, 6.45) is 1.43. The van der Waals surface area contributed by atoms with Crippen LogP contribution in [0.3, 0.4) is 0 Å². The number of rotatable bonds is 4. The van der Waals surface area contributed by atoms with Crippen LogP contribution in [-0.2, 0) is 9.53 Å². The van der Waals surface area contributed by atoms with Gasteiger partial charge in [0.15, 0.2) is 0 Å². The highest BCUT2D eigenvalue weighted by molar-refractivity contribution is 6.06. The van der Waals surface area contributed by atoms with Gasteiger partial charge in [-0.25, -0.2) is 0 Å². The zero-order chi connectivity index (χ0) is 14.7. The van der Waals surface area contributed by atoms with Crippen LogP contribution in [-0.4, -0.2) is 36.5 Å². The molecule has 5 nitrogen and oxygen atoms in total. The van der Waals surface area contributed by atoms with E-state index in [9.17, 15) is 9.59 Å². The molecular formula is C15H17NO4. The lowest BCUT2D eigenvalue weighted by Gasteiger charge is -2.25. The average molecular weight is 275 g/mol. The van der Waals surface area contributed by atoms with Crippen LogP contribution in [0.2, 0.25) is 0 Å². The third-order valence-electron chi connectivity index (χ3n) is 3.12. The van der Waals surface area contributed by atoms with Crippen LogP contribution in [0, 0.1) is 0 Å². The summed E-state index contributed by atoms with van der Waals surface area (Å²) in [5.41, 5.74) is 1.11. The van der Waals surface area contributed by atoms with Gasteiger partial charge in [0.2, 0.25) is 0 Å². The maximum atomic E-state index is 12.6. The van der Waals surface area contributed by atoms with E-state index in [2.05, 4.69) is 4.74 Å². The van der Waals surface area contributed by atoms with Gasteiger partial charge >= 0.3 is 5.97 Å². The standard InChI is InChI=1S/C15H17NO4/c1-10(2)16(8-14(17)19-3)15(18)12-9-20-13-7-5-4-6-11(12)13/h4-7,9-10H,8H2,1-3H3. The molecule has 1 aromatic carbocycles. The highest BCUT2D eigenvalue weighted by Gasteiger charge is 2.24. The summed E-state index contributed by atoms with van der Waals surface area (Å²) in [7, 11) is 1.30. The Kier molecular flexibility index (Phi) is 4.08. The Morgan fingerprint density at radius 3 is 2.65 bits per heavy atom. The minimum absolute atomic E-state index is 0.0769. The van der Waals surface area contributed by atoms with Crippen molar-refractivity contribution in [3.8, 4) is 0 Å². The monoisotopic (exact) mass is 275 g/mol. The molecule has 0 radical (unpaired) electrons. The van der Waals surface area contributed by atoms with Crippen molar-refractivity contribution >= 4 is 22.8 Å². The number of hydrogen-bond acceptors (Lipinski definition) is 4. The van der Waals surface area contributed by atoms with Crippen molar-refractivity contribution in [2.75, 3.05) is 13.7 Å². The van der Waals surface area contributed by atoms with Crippen molar-refractivity contribution in [3.05, 3.63) is 36.1 Å². The van der Waals surface area contributed by atoms with Gasteiger partial charge in [0, 0.05) is 11.4 Å². The van der Waals surface area contributed by atoms with Gasteiger partial charge in [-0.3, -0.25) is 9.59 Å². The number of ether oxygens (including phenoxy) is 1. The molecule has 2 aromatic rings. The number of esters is 1. The zero-order valence-electron chi connectivity index (χ0n) is 11.8. The Balaban J connectivity index is 2.34. The van der Waals surface area contributed by atoms with Gasteiger partial charge in [-0.2, -0.15) is 0 Å². The third-order valence-corrected chi connectivity index (χ3v) is 3.12. The molecule has 20 heavy (non-hydrogen) atoms. The molecule has 1 aromatic heterocycles. The van der Waals surface area contributed by atoms with E-state index in [0.29, 0.717) is 11.1 Å². The third kappa shape index (κ3) is 2.66. The van der Waals surface area contributed by atoms with Gasteiger partial charge in [0.05, 0.1) is 12.7 Å². The summed E-state index contributed by atoms with van der Waals surface area (Å²) in [4.78, 5) is 25.5. The fraction of sp³-hybridized carbons (Fsp3) is 0.333. The van der Waals surface area contributed by atoms with Crippen LogP contribution in [0.4, 0.5) is 0 Å². The first-order valence-electron chi connectivity index (χ1n) is 6.38. The molecule has 0 N–H and O–H groups in total. The van der Waals surface area contributed by atoms with Crippen molar-refractivity contribution in [1.82, 2.24) is 4.90 Å². The summed E-state index contributed by atoms with van der Waals surface area (Å²) in [5.74, 6) is -0.685. The Morgan fingerprint density at radius 1 is 1.30 bits per heavy atom. The molecule has 2 rings (SSSR count). The molecule has 0 atom stereocenters. The van der Waals surface area contributed by atoms with E-state index >= 15 is 0 Å². The number of carbonyl (C=O) groups excluding carboxylic acids is 2. The molecule has 106 valence electrons. The summed E-state index contributed by atoms with van der Waals surface area (Å²) in [5, 5.41) is 0.744. The summed E-state index contributed by atoms with van der Waals surface area (Å²) in [6.45, 7) is 3.62. The molecule has 1 amide bonds. The molecular weight excluding hydrogens is 258 g/mol. The van der Waals surface area contributed by atoms with E-state index in [1.807, 2.05) is 32.0 Å². The van der Waals surface area contributed by atoms with E-state index in [1.165, 1.54) is 18.3 Å². The second-order valence-electron chi connectivity index (χ2n) is 4.75. The fourth-order valence-electron chi connectivity index (χ4n) is 1.99. The highest BCUT2D eigenvalue weighted by atomic mass is 16.5. The van der Waals surface area contributed by atoms with E-state index in [0.717, 1.165) is 5.39 Å². The SMILES string of the molecule is COC(=O)CN(C(=O)c1coc2ccccc12)C(C)C. The van der Waals surface area contributed by atoms with E-state index in [-0.39, 0.29) is 18.5 Å². The average Bonchev–Trinajstić information content (AvgIpc) is 2.87. The lowest BCUT2D eigenvalue weighted by molar-refractivity contribution is -0.141. The molecule has 5 heteroatoms. The van der Waals surface area contributed by atoms with Crippen molar-refractivity contribution in [3.63, 3.8) is 0 Å². The topological polar surface area (TPSA) is 59.8 Å². The molecule has 0 aliphatic carbocycles. The quantitative estimate of drug-likeness (QED) is 0.804. The number of benzene rings is 1. The lowest BCUT2D eigenvalue weighted by atomic mass is 10.1. The predicted molar refractivity (Wildman–Crippen MR) is 74.4 cm³/mol. The Hall–Kier alpha value is -2.30. The molecule has 0 aliphatic rings. The normalized spacial score (nSPS) is 10.8. The minimum atomic E-state index is -0.445. The minimum Gasteiger partial charge on any atom is -0.468 e. The van der Waals surface area contributed by atoms with Crippen LogP contribution < -0.4 is 0 Å². The van der Waals surface area contributed by atoms with E-state index in [1.54, 1.807) is 6.07 Å². The van der Waals surface area contributed by atoms with Crippen molar-refractivity contribution in [1.29, 1.82) is 0 Å². The number of para-hydroxylation sites is 1. The van der Waals surface area contributed by atoms with Crippen LogP contribution in [0.5, 0.6) is 0 Å². The van der Waals surface area contributed by atoms with Gasteiger partial charge in [-0.15, -0.1) is 0 Å². The summed E-state index contributed by atoms with van der Waals surface area (Å²) in [6, 6.07) is 7.19. The molecule has 0 saturated heterocycles. The number of fused-ring (bicyclic) bond motifs is 1.